The van der Waals surface area contributed by atoms with E-state index in [1.165, 1.54) is 13.2 Å². The molecule has 36 heavy (non-hydrogen) atoms. The van der Waals surface area contributed by atoms with Crippen LogP contribution in [-0.2, 0) is 16.2 Å². The Morgan fingerprint density at radius 2 is 1.81 bits per heavy atom. The van der Waals surface area contributed by atoms with Gasteiger partial charge in [0.1, 0.15) is 12.2 Å². The van der Waals surface area contributed by atoms with Crippen molar-refractivity contribution in [3.05, 3.63) is 91.4 Å². The van der Waals surface area contributed by atoms with E-state index in [-0.39, 0.29) is 12.2 Å². The molecule has 0 atom stereocenters. The fraction of sp³-hybridized carbons (Fsp3) is 0.115. The van der Waals surface area contributed by atoms with Crippen molar-refractivity contribution in [3.8, 4) is 11.5 Å². The Hall–Kier alpha value is -3.33. The SMILES string of the molecule is COc1cc(/C=C2\C(=O)NC(=O)N(c3ccccc3C)C2=O)cc(Br)c1OCc1ccc(Cl)cc1Cl. The van der Waals surface area contributed by atoms with Crippen molar-refractivity contribution in [1.29, 1.82) is 0 Å². The Bertz CT molecular complexity index is 1420. The standard InChI is InChI=1S/C26H19BrCl2N2O5/c1-14-5-3-4-6-21(14)31-25(33)18(24(32)30-26(31)34)9-15-10-19(27)23(22(11-15)35-2)36-13-16-7-8-17(28)12-20(16)29/h3-12H,13H2,1-2H3,(H,30,32,34)/b18-9+. The average molecular weight is 590 g/mol. The molecule has 0 unspecified atom stereocenters. The average Bonchev–Trinajstić information content (AvgIpc) is 2.83. The normalized spacial score (nSPS) is 14.8. The van der Waals surface area contributed by atoms with Crippen molar-refractivity contribution in [1.82, 2.24) is 5.32 Å². The van der Waals surface area contributed by atoms with Crippen LogP contribution in [0.4, 0.5) is 10.5 Å². The zero-order chi connectivity index (χ0) is 26.0. The predicted octanol–water partition coefficient (Wildman–Crippen LogP) is 6.32. The van der Waals surface area contributed by atoms with Crippen LogP contribution in [-0.4, -0.2) is 25.0 Å². The number of urea groups is 1. The van der Waals surface area contributed by atoms with Crippen molar-refractivity contribution >= 4 is 68.7 Å². The lowest BCUT2D eigenvalue weighted by atomic mass is 10.1. The second-order valence-electron chi connectivity index (χ2n) is 7.80. The van der Waals surface area contributed by atoms with Crippen molar-refractivity contribution in [2.75, 3.05) is 12.0 Å². The third-order valence-corrected chi connectivity index (χ3v) is 6.58. The van der Waals surface area contributed by atoms with Crippen molar-refractivity contribution in [2.24, 2.45) is 0 Å². The molecule has 1 N–H and O–H groups in total. The summed E-state index contributed by atoms with van der Waals surface area (Å²) in [5.41, 5.74) is 2.11. The lowest BCUT2D eigenvalue weighted by Crippen LogP contribution is -2.54. The number of hydrogen-bond donors (Lipinski definition) is 1. The number of aryl methyl sites for hydroxylation is 1. The fourth-order valence-corrected chi connectivity index (χ4v) is 4.65. The van der Waals surface area contributed by atoms with Gasteiger partial charge in [-0.05, 0) is 70.4 Å². The van der Waals surface area contributed by atoms with Gasteiger partial charge in [-0.25, -0.2) is 9.69 Å². The number of hydrogen-bond acceptors (Lipinski definition) is 5. The summed E-state index contributed by atoms with van der Waals surface area (Å²) in [6, 6.07) is 14.5. The smallest absolute Gasteiger partial charge is 0.335 e. The highest BCUT2D eigenvalue weighted by molar-refractivity contribution is 9.10. The minimum absolute atomic E-state index is 0.153. The number of ether oxygens (including phenoxy) is 2. The van der Waals surface area contributed by atoms with Crippen LogP contribution >= 0.6 is 39.1 Å². The lowest BCUT2D eigenvalue weighted by Gasteiger charge is -2.27. The second-order valence-corrected chi connectivity index (χ2v) is 9.50. The van der Waals surface area contributed by atoms with E-state index in [0.717, 1.165) is 10.5 Å². The third-order valence-electron chi connectivity index (χ3n) is 5.41. The number of rotatable bonds is 6. The molecule has 0 saturated carbocycles. The summed E-state index contributed by atoms with van der Waals surface area (Å²) in [7, 11) is 1.47. The van der Waals surface area contributed by atoms with E-state index in [9.17, 15) is 14.4 Å². The molecule has 0 aromatic heterocycles. The van der Waals surface area contributed by atoms with Crippen LogP contribution < -0.4 is 19.7 Å². The molecule has 1 aliphatic heterocycles. The number of nitrogens with one attached hydrogen (secondary N) is 1. The largest absolute Gasteiger partial charge is 0.493 e. The highest BCUT2D eigenvalue weighted by Crippen LogP contribution is 2.38. The Kier molecular flexibility index (Phi) is 7.68. The summed E-state index contributed by atoms with van der Waals surface area (Å²) >= 11 is 15.7. The molecule has 1 fully saturated rings. The van der Waals surface area contributed by atoms with E-state index in [1.54, 1.807) is 61.5 Å². The van der Waals surface area contributed by atoms with E-state index in [4.69, 9.17) is 32.7 Å². The Labute approximate surface area is 225 Å². The quantitative estimate of drug-likeness (QED) is 0.269. The molecule has 4 rings (SSSR count). The summed E-state index contributed by atoms with van der Waals surface area (Å²) < 4.78 is 11.9. The van der Waals surface area contributed by atoms with Crippen molar-refractivity contribution in [2.45, 2.75) is 13.5 Å². The Morgan fingerprint density at radius 3 is 2.50 bits per heavy atom. The zero-order valence-corrected chi connectivity index (χ0v) is 22.2. The van der Waals surface area contributed by atoms with E-state index in [1.807, 2.05) is 0 Å². The first-order valence-electron chi connectivity index (χ1n) is 10.6. The number of barbiturate groups is 1. The number of halogens is 3. The van der Waals surface area contributed by atoms with Gasteiger partial charge in [-0.2, -0.15) is 0 Å². The molecule has 10 heteroatoms. The molecule has 184 valence electrons. The van der Waals surface area contributed by atoms with Gasteiger partial charge in [0.15, 0.2) is 11.5 Å². The minimum Gasteiger partial charge on any atom is -0.493 e. The number of carbonyl (C=O) groups excluding carboxylic acids is 3. The Balaban J connectivity index is 1.65. The van der Waals surface area contributed by atoms with Crippen molar-refractivity contribution < 1.29 is 23.9 Å². The monoisotopic (exact) mass is 588 g/mol. The maximum absolute atomic E-state index is 13.2. The molecule has 1 aliphatic rings. The van der Waals surface area contributed by atoms with E-state index in [0.29, 0.717) is 42.8 Å². The Morgan fingerprint density at radius 1 is 1.06 bits per heavy atom. The molecule has 3 aromatic rings. The molecule has 0 spiro atoms. The number of carbonyl (C=O) groups is 3. The molecule has 1 heterocycles. The van der Waals surface area contributed by atoms with Gasteiger partial charge < -0.3 is 9.47 Å². The van der Waals surface area contributed by atoms with E-state index < -0.39 is 17.8 Å². The van der Waals surface area contributed by atoms with Gasteiger partial charge in [0.2, 0.25) is 0 Å². The van der Waals surface area contributed by atoms with Crippen LogP contribution in [0.1, 0.15) is 16.7 Å². The number of methoxy groups -OCH3 is 1. The molecule has 3 aromatic carbocycles. The topological polar surface area (TPSA) is 84.9 Å². The highest BCUT2D eigenvalue weighted by atomic mass is 79.9. The summed E-state index contributed by atoms with van der Waals surface area (Å²) in [5, 5.41) is 3.21. The number of imide groups is 2. The van der Waals surface area contributed by atoms with Gasteiger partial charge in [0.05, 0.1) is 17.3 Å². The number of anilines is 1. The molecule has 4 amide bonds. The molecule has 0 bridgehead atoms. The molecule has 0 aliphatic carbocycles. The van der Waals surface area contributed by atoms with E-state index >= 15 is 0 Å². The van der Waals surface area contributed by atoms with Crippen LogP contribution in [0.2, 0.25) is 10.0 Å². The summed E-state index contributed by atoms with van der Waals surface area (Å²) in [6.45, 7) is 1.92. The van der Waals surface area contributed by atoms with Crippen LogP contribution in [0, 0.1) is 6.92 Å². The highest BCUT2D eigenvalue weighted by Gasteiger charge is 2.37. The summed E-state index contributed by atoms with van der Waals surface area (Å²) in [5.74, 6) is -0.757. The van der Waals surface area contributed by atoms with Gasteiger partial charge in [0.25, 0.3) is 11.8 Å². The third kappa shape index (κ3) is 5.26. The molecule has 7 nitrogen and oxygen atoms in total. The van der Waals surface area contributed by atoms with Gasteiger partial charge in [-0.1, -0.05) is 47.5 Å². The van der Waals surface area contributed by atoms with Gasteiger partial charge in [-0.3, -0.25) is 14.9 Å². The number of amides is 4. The van der Waals surface area contributed by atoms with Gasteiger partial charge in [0, 0.05) is 15.6 Å². The maximum atomic E-state index is 13.2. The fourth-order valence-electron chi connectivity index (χ4n) is 3.61. The molecule has 1 saturated heterocycles. The van der Waals surface area contributed by atoms with Crippen LogP contribution in [0.15, 0.2) is 64.6 Å². The van der Waals surface area contributed by atoms with Crippen molar-refractivity contribution in [3.63, 3.8) is 0 Å². The maximum Gasteiger partial charge on any atom is 0.335 e. The lowest BCUT2D eigenvalue weighted by molar-refractivity contribution is -0.122. The molecular weight excluding hydrogens is 571 g/mol. The van der Waals surface area contributed by atoms with Gasteiger partial charge in [-0.15, -0.1) is 0 Å². The predicted molar refractivity (Wildman–Crippen MR) is 142 cm³/mol. The minimum atomic E-state index is -0.806. The first-order valence-corrected chi connectivity index (χ1v) is 12.2. The number of para-hydroxylation sites is 1. The number of nitrogens with zero attached hydrogens (tertiary/aromatic N) is 1. The number of benzene rings is 3. The van der Waals surface area contributed by atoms with Crippen LogP contribution in [0.3, 0.4) is 0 Å². The summed E-state index contributed by atoms with van der Waals surface area (Å²) in [4.78, 5) is 39.2. The first kappa shape index (κ1) is 25.8. The van der Waals surface area contributed by atoms with E-state index in [2.05, 4.69) is 21.2 Å². The van der Waals surface area contributed by atoms with Gasteiger partial charge >= 0.3 is 6.03 Å². The van der Waals surface area contributed by atoms with Crippen LogP contribution in [0.25, 0.3) is 6.08 Å². The molecule has 0 radical (unpaired) electrons. The first-order chi connectivity index (χ1) is 17.2. The second kappa shape index (κ2) is 10.7. The van der Waals surface area contributed by atoms with Crippen LogP contribution in [0.5, 0.6) is 11.5 Å². The summed E-state index contributed by atoms with van der Waals surface area (Å²) in [6.07, 6.45) is 1.39. The molecular formula is C26H19BrCl2N2O5. The zero-order valence-electron chi connectivity index (χ0n) is 19.1.